The highest BCUT2D eigenvalue weighted by atomic mass is 16.2. The number of pyridine rings is 1. The summed E-state index contributed by atoms with van der Waals surface area (Å²) in [4.78, 5) is 32.0. The van der Waals surface area contributed by atoms with Crippen LogP contribution in [0.3, 0.4) is 0 Å². The maximum Gasteiger partial charge on any atom is 0.253 e. The Morgan fingerprint density at radius 2 is 1.73 bits per heavy atom. The maximum atomic E-state index is 12.6. The van der Waals surface area contributed by atoms with Gasteiger partial charge in [-0.2, -0.15) is 0 Å². The number of aromatic nitrogens is 1. The fraction of sp³-hybridized carbons (Fsp3) is 0.667. The number of nitrogens with one attached hydrogen (secondary N) is 1. The second-order valence-corrected chi connectivity index (χ2v) is 8.21. The van der Waals surface area contributed by atoms with Gasteiger partial charge >= 0.3 is 0 Å². The fourth-order valence-electron chi connectivity index (χ4n) is 4.38. The summed E-state index contributed by atoms with van der Waals surface area (Å²) in [5.41, 5.74) is 2.60. The Morgan fingerprint density at radius 3 is 2.38 bits per heavy atom. The van der Waals surface area contributed by atoms with E-state index in [2.05, 4.69) is 5.32 Å². The minimum Gasteiger partial charge on any atom is -0.349 e. The van der Waals surface area contributed by atoms with E-state index in [4.69, 9.17) is 4.98 Å². The number of piperidine rings is 1. The average molecular weight is 355 g/mol. The molecular formula is C21H29N3O2. The lowest BCUT2D eigenvalue weighted by atomic mass is 9.89. The number of hydrogen-bond donors (Lipinski definition) is 1. The van der Waals surface area contributed by atoms with E-state index in [9.17, 15) is 9.59 Å². The fourth-order valence-corrected chi connectivity index (χ4v) is 4.38. The SMILES string of the molecule is Cc1ccc(C(=O)NC2CC2)c(C2CCN(C(=O)C3CCCC3)CC2)n1. The van der Waals surface area contributed by atoms with Crippen molar-refractivity contribution in [1.82, 2.24) is 15.2 Å². The van der Waals surface area contributed by atoms with Crippen molar-refractivity contribution in [3.63, 3.8) is 0 Å². The smallest absolute Gasteiger partial charge is 0.253 e. The van der Waals surface area contributed by atoms with Crippen molar-refractivity contribution in [2.75, 3.05) is 13.1 Å². The van der Waals surface area contributed by atoms with E-state index in [0.29, 0.717) is 11.9 Å². The number of carbonyl (C=O) groups is 2. The van der Waals surface area contributed by atoms with Crippen molar-refractivity contribution in [3.05, 3.63) is 29.1 Å². The molecule has 4 rings (SSSR count). The van der Waals surface area contributed by atoms with E-state index in [0.717, 1.165) is 68.6 Å². The van der Waals surface area contributed by atoms with Crippen LogP contribution < -0.4 is 5.32 Å². The van der Waals surface area contributed by atoms with Gasteiger partial charge in [-0.3, -0.25) is 14.6 Å². The van der Waals surface area contributed by atoms with Gasteiger partial charge in [-0.05, 0) is 57.6 Å². The summed E-state index contributed by atoms with van der Waals surface area (Å²) in [7, 11) is 0. The zero-order chi connectivity index (χ0) is 18.1. The topological polar surface area (TPSA) is 62.3 Å². The molecule has 3 fully saturated rings. The Morgan fingerprint density at radius 1 is 1.04 bits per heavy atom. The standard InChI is InChI=1S/C21H29N3O2/c1-14-6-9-18(20(25)23-17-7-8-17)19(22-14)15-10-12-24(13-11-15)21(26)16-4-2-3-5-16/h6,9,15-17H,2-5,7-8,10-13H2,1H3,(H,23,25). The number of carbonyl (C=O) groups excluding carboxylic acids is 2. The molecule has 0 spiro atoms. The zero-order valence-electron chi connectivity index (χ0n) is 15.7. The first-order chi connectivity index (χ1) is 12.6. The van der Waals surface area contributed by atoms with E-state index in [1.807, 2.05) is 24.0 Å². The molecule has 1 aromatic rings. The van der Waals surface area contributed by atoms with Crippen molar-refractivity contribution in [2.24, 2.45) is 5.92 Å². The molecule has 0 radical (unpaired) electrons. The number of hydrogen-bond acceptors (Lipinski definition) is 3. The van der Waals surface area contributed by atoms with Crippen LogP contribution in [-0.2, 0) is 4.79 Å². The lowest BCUT2D eigenvalue weighted by Gasteiger charge is -2.34. The summed E-state index contributed by atoms with van der Waals surface area (Å²) >= 11 is 0. The third-order valence-corrected chi connectivity index (χ3v) is 6.12. The first-order valence-electron chi connectivity index (χ1n) is 10.2. The molecule has 2 amide bonds. The lowest BCUT2D eigenvalue weighted by Crippen LogP contribution is -2.41. The molecule has 1 saturated heterocycles. The van der Waals surface area contributed by atoms with Crippen molar-refractivity contribution < 1.29 is 9.59 Å². The molecule has 0 unspecified atom stereocenters. The average Bonchev–Trinajstić information content (AvgIpc) is 3.30. The molecule has 0 aromatic carbocycles. The highest BCUT2D eigenvalue weighted by Gasteiger charge is 2.32. The van der Waals surface area contributed by atoms with Crippen LogP contribution in [0.5, 0.6) is 0 Å². The van der Waals surface area contributed by atoms with Crippen LogP contribution in [0.15, 0.2) is 12.1 Å². The van der Waals surface area contributed by atoms with Gasteiger partial charge < -0.3 is 10.2 Å². The predicted octanol–water partition coefficient (Wildman–Crippen LogP) is 3.18. The van der Waals surface area contributed by atoms with Crippen LogP contribution in [-0.4, -0.2) is 40.8 Å². The van der Waals surface area contributed by atoms with Gasteiger partial charge in [-0.1, -0.05) is 12.8 Å². The molecule has 1 N–H and O–H groups in total. The molecule has 3 aliphatic rings. The minimum atomic E-state index is 0.0134. The number of likely N-dealkylation sites (tertiary alicyclic amines) is 1. The van der Waals surface area contributed by atoms with Crippen LogP contribution in [0.1, 0.15) is 79.0 Å². The van der Waals surface area contributed by atoms with Gasteiger partial charge in [0.1, 0.15) is 0 Å². The second kappa shape index (κ2) is 7.37. The zero-order valence-corrected chi connectivity index (χ0v) is 15.7. The van der Waals surface area contributed by atoms with Crippen molar-refractivity contribution in [1.29, 1.82) is 0 Å². The first-order valence-corrected chi connectivity index (χ1v) is 10.2. The van der Waals surface area contributed by atoms with Gasteiger partial charge in [-0.15, -0.1) is 0 Å². The van der Waals surface area contributed by atoms with E-state index in [1.165, 1.54) is 12.8 Å². The van der Waals surface area contributed by atoms with Crippen molar-refractivity contribution in [3.8, 4) is 0 Å². The second-order valence-electron chi connectivity index (χ2n) is 8.21. The Kier molecular flexibility index (Phi) is 4.96. The molecule has 2 heterocycles. The highest BCUT2D eigenvalue weighted by molar-refractivity contribution is 5.95. The molecule has 0 bridgehead atoms. The monoisotopic (exact) mass is 355 g/mol. The maximum absolute atomic E-state index is 12.6. The molecule has 140 valence electrons. The molecular weight excluding hydrogens is 326 g/mol. The first kappa shape index (κ1) is 17.5. The van der Waals surface area contributed by atoms with Gasteiger partial charge in [-0.25, -0.2) is 0 Å². The molecule has 2 aliphatic carbocycles. The number of nitrogens with zero attached hydrogens (tertiary/aromatic N) is 2. The minimum absolute atomic E-state index is 0.0134. The molecule has 26 heavy (non-hydrogen) atoms. The van der Waals surface area contributed by atoms with E-state index in [1.54, 1.807) is 0 Å². The molecule has 1 aromatic heterocycles. The Hall–Kier alpha value is -1.91. The van der Waals surface area contributed by atoms with E-state index < -0.39 is 0 Å². The summed E-state index contributed by atoms with van der Waals surface area (Å²) in [5, 5.41) is 3.09. The quantitative estimate of drug-likeness (QED) is 0.902. The third kappa shape index (κ3) is 3.76. The number of amides is 2. The Balaban J connectivity index is 1.44. The summed E-state index contributed by atoms with van der Waals surface area (Å²) in [5.74, 6) is 0.885. The highest BCUT2D eigenvalue weighted by Crippen LogP contribution is 2.33. The van der Waals surface area contributed by atoms with Crippen LogP contribution in [0.2, 0.25) is 0 Å². The van der Waals surface area contributed by atoms with Crippen LogP contribution in [0.25, 0.3) is 0 Å². The summed E-state index contributed by atoms with van der Waals surface area (Å²) < 4.78 is 0. The Bertz CT molecular complexity index is 684. The van der Waals surface area contributed by atoms with Crippen molar-refractivity contribution >= 4 is 11.8 Å². The third-order valence-electron chi connectivity index (χ3n) is 6.12. The van der Waals surface area contributed by atoms with E-state index in [-0.39, 0.29) is 17.7 Å². The van der Waals surface area contributed by atoms with Crippen LogP contribution in [0.4, 0.5) is 0 Å². The Labute approximate surface area is 155 Å². The van der Waals surface area contributed by atoms with Gasteiger partial charge in [0.2, 0.25) is 5.91 Å². The van der Waals surface area contributed by atoms with E-state index >= 15 is 0 Å². The number of rotatable bonds is 4. The van der Waals surface area contributed by atoms with Gasteiger partial charge in [0.05, 0.1) is 11.3 Å². The normalized spacial score (nSPS) is 21.8. The summed E-state index contributed by atoms with van der Waals surface area (Å²) in [6, 6.07) is 4.19. The van der Waals surface area contributed by atoms with Gasteiger partial charge in [0.15, 0.2) is 0 Å². The predicted molar refractivity (Wildman–Crippen MR) is 100.0 cm³/mol. The molecule has 5 heteroatoms. The number of aryl methyl sites for hydroxylation is 1. The molecule has 2 saturated carbocycles. The van der Waals surface area contributed by atoms with Gasteiger partial charge in [0, 0.05) is 36.7 Å². The largest absolute Gasteiger partial charge is 0.349 e. The summed E-state index contributed by atoms with van der Waals surface area (Å²) in [6.45, 7) is 3.56. The molecule has 0 atom stereocenters. The lowest BCUT2D eigenvalue weighted by molar-refractivity contribution is -0.136. The summed E-state index contributed by atoms with van der Waals surface area (Å²) in [6.07, 6.45) is 8.48. The van der Waals surface area contributed by atoms with Crippen LogP contribution in [0, 0.1) is 12.8 Å². The molecule has 1 aliphatic heterocycles. The van der Waals surface area contributed by atoms with Crippen LogP contribution >= 0.6 is 0 Å². The molecule has 5 nitrogen and oxygen atoms in total. The van der Waals surface area contributed by atoms with Gasteiger partial charge in [0.25, 0.3) is 5.91 Å². The van der Waals surface area contributed by atoms with Crippen molar-refractivity contribution in [2.45, 2.75) is 70.3 Å².